The van der Waals surface area contributed by atoms with Crippen LogP contribution in [0.1, 0.15) is 36.8 Å². The molecule has 134 valence electrons. The van der Waals surface area contributed by atoms with E-state index in [4.69, 9.17) is 11.6 Å². The van der Waals surface area contributed by atoms with Gasteiger partial charge in [-0.2, -0.15) is 13.2 Å². The molecule has 2 N–H and O–H groups in total. The van der Waals surface area contributed by atoms with Crippen LogP contribution in [0.15, 0.2) is 36.5 Å². The van der Waals surface area contributed by atoms with Crippen LogP contribution in [-0.4, -0.2) is 16.4 Å². The summed E-state index contributed by atoms with van der Waals surface area (Å²) in [4.78, 5) is 16.0. The van der Waals surface area contributed by atoms with Gasteiger partial charge in [-0.1, -0.05) is 11.6 Å². The van der Waals surface area contributed by atoms with Crippen LogP contribution in [0.2, 0.25) is 5.02 Å². The normalized spacial score (nSPS) is 12.0. The zero-order chi connectivity index (χ0) is 18.8. The highest BCUT2D eigenvalue weighted by Crippen LogP contribution is 2.37. The van der Waals surface area contributed by atoms with Crippen molar-refractivity contribution in [2.24, 2.45) is 0 Å². The molecule has 4 nitrogen and oxygen atoms in total. The Labute approximate surface area is 148 Å². The van der Waals surface area contributed by atoms with E-state index in [9.17, 15) is 18.0 Å². The number of anilines is 2. The third kappa shape index (κ3) is 5.35. The van der Waals surface area contributed by atoms with Crippen LogP contribution in [0.25, 0.3) is 0 Å². The quantitative estimate of drug-likeness (QED) is 0.796. The SMILES string of the molecule is CC(C)(C)NC(=O)c1ccc(Nc2ccc(Cl)cc2C(F)(F)F)cn1. The van der Waals surface area contributed by atoms with E-state index in [2.05, 4.69) is 15.6 Å². The van der Waals surface area contributed by atoms with Gasteiger partial charge in [-0.25, -0.2) is 4.98 Å². The molecule has 0 bridgehead atoms. The Kier molecular flexibility index (Phi) is 5.27. The summed E-state index contributed by atoms with van der Waals surface area (Å²) in [6.45, 7) is 5.50. The van der Waals surface area contributed by atoms with E-state index >= 15 is 0 Å². The molecular formula is C17H17ClF3N3O. The summed E-state index contributed by atoms with van der Waals surface area (Å²) < 4.78 is 39.3. The van der Waals surface area contributed by atoms with E-state index in [1.807, 2.05) is 20.8 Å². The second-order valence-corrected chi connectivity index (χ2v) is 6.89. The van der Waals surface area contributed by atoms with E-state index < -0.39 is 17.3 Å². The molecule has 25 heavy (non-hydrogen) atoms. The van der Waals surface area contributed by atoms with Gasteiger partial charge in [0.1, 0.15) is 5.69 Å². The molecule has 0 aliphatic rings. The predicted molar refractivity (Wildman–Crippen MR) is 91.2 cm³/mol. The first-order chi connectivity index (χ1) is 11.5. The molecule has 1 amide bonds. The number of hydrogen-bond acceptors (Lipinski definition) is 3. The number of pyridine rings is 1. The molecule has 0 fully saturated rings. The molecule has 0 spiro atoms. The van der Waals surface area contributed by atoms with Crippen LogP contribution in [0, 0.1) is 0 Å². The minimum atomic E-state index is -4.55. The molecule has 2 aromatic rings. The minimum absolute atomic E-state index is 0.00907. The molecule has 8 heteroatoms. The highest BCUT2D eigenvalue weighted by Gasteiger charge is 2.33. The molecule has 1 aromatic carbocycles. The van der Waals surface area contributed by atoms with Gasteiger partial charge in [0, 0.05) is 10.6 Å². The lowest BCUT2D eigenvalue weighted by atomic mass is 10.1. The smallest absolute Gasteiger partial charge is 0.354 e. The van der Waals surface area contributed by atoms with E-state index in [0.717, 1.165) is 6.07 Å². The van der Waals surface area contributed by atoms with Crippen molar-refractivity contribution in [2.45, 2.75) is 32.5 Å². The van der Waals surface area contributed by atoms with Gasteiger partial charge in [0.2, 0.25) is 0 Å². The minimum Gasteiger partial charge on any atom is -0.354 e. The van der Waals surface area contributed by atoms with Crippen molar-refractivity contribution < 1.29 is 18.0 Å². The molecule has 0 saturated heterocycles. The fraction of sp³-hybridized carbons (Fsp3) is 0.294. The summed E-state index contributed by atoms with van der Waals surface area (Å²) in [7, 11) is 0. The molecule has 0 atom stereocenters. The highest BCUT2D eigenvalue weighted by molar-refractivity contribution is 6.30. The van der Waals surface area contributed by atoms with E-state index in [1.54, 1.807) is 0 Å². The van der Waals surface area contributed by atoms with Crippen molar-refractivity contribution in [3.8, 4) is 0 Å². The molecular weight excluding hydrogens is 355 g/mol. The molecule has 1 aromatic heterocycles. The fourth-order valence-electron chi connectivity index (χ4n) is 2.02. The number of carbonyl (C=O) groups excluding carboxylic acids is 1. The molecule has 0 aliphatic carbocycles. The van der Waals surface area contributed by atoms with Gasteiger partial charge >= 0.3 is 6.18 Å². The predicted octanol–water partition coefficient (Wildman–Crippen LogP) is 5.03. The number of aromatic nitrogens is 1. The number of hydrogen-bond donors (Lipinski definition) is 2. The first-order valence-corrected chi connectivity index (χ1v) is 7.76. The number of rotatable bonds is 3. The van der Waals surface area contributed by atoms with Crippen molar-refractivity contribution >= 4 is 28.9 Å². The summed E-state index contributed by atoms with van der Waals surface area (Å²) in [5.74, 6) is -0.360. The average molecular weight is 372 g/mol. The number of nitrogens with one attached hydrogen (secondary N) is 2. The molecule has 0 radical (unpaired) electrons. The van der Waals surface area contributed by atoms with E-state index in [1.165, 1.54) is 30.5 Å². The van der Waals surface area contributed by atoms with Crippen molar-refractivity contribution in [3.05, 3.63) is 52.8 Å². The maximum absolute atomic E-state index is 13.1. The summed E-state index contributed by atoms with van der Waals surface area (Å²) in [5.41, 5.74) is -0.950. The summed E-state index contributed by atoms with van der Waals surface area (Å²) in [6.07, 6.45) is -3.25. The largest absolute Gasteiger partial charge is 0.418 e. The lowest BCUT2D eigenvalue weighted by Crippen LogP contribution is -2.40. The zero-order valence-corrected chi connectivity index (χ0v) is 14.6. The van der Waals surface area contributed by atoms with E-state index in [-0.39, 0.29) is 22.3 Å². The Bertz CT molecular complexity index is 768. The van der Waals surface area contributed by atoms with Gasteiger partial charge in [-0.3, -0.25) is 4.79 Å². The third-order valence-corrected chi connectivity index (χ3v) is 3.29. The van der Waals surface area contributed by atoms with Crippen molar-refractivity contribution in [1.29, 1.82) is 0 Å². The number of halogens is 4. The van der Waals surface area contributed by atoms with Crippen LogP contribution >= 0.6 is 11.6 Å². The second-order valence-electron chi connectivity index (χ2n) is 6.45. The molecule has 0 unspecified atom stereocenters. The topological polar surface area (TPSA) is 54.0 Å². The third-order valence-electron chi connectivity index (χ3n) is 3.05. The first kappa shape index (κ1) is 19.1. The summed E-state index contributed by atoms with van der Waals surface area (Å²) >= 11 is 5.65. The van der Waals surface area contributed by atoms with Gasteiger partial charge in [0.15, 0.2) is 0 Å². The molecule has 2 rings (SSSR count). The number of amides is 1. The van der Waals surface area contributed by atoms with Gasteiger partial charge in [-0.05, 0) is 51.1 Å². The number of benzene rings is 1. The molecule has 1 heterocycles. The Morgan fingerprint density at radius 3 is 2.32 bits per heavy atom. The van der Waals surface area contributed by atoms with Gasteiger partial charge in [0.05, 0.1) is 23.1 Å². The summed E-state index contributed by atoms with van der Waals surface area (Å²) in [6, 6.07) is 6.37. The van der Waals surface area contributed by atoms with Gasteiger partial charge < -0.3 is 10.6 Å². The fourth-order valence-corrected chi connectivity index (χ4v) is 2.19. The molecule has 0 aliphatic heterocycles. The number of nitrogens with zero attached hydrogens (tertiary/aromatic N) is 1. The lowest BCUT2D eigenvalue weighted by molar-refractivity contribution is -0.136. The van der Waals surface area contributed by atoms with Crippen LogP contribution in [0.5, 0.6) is 0 Å². The highest BCUT2D eigenvalue weighted by atomic mass is 35.5. The lowest BCUT2D eigenvalue weighted by Gasteiger charge is -2.20. The number of carbonyl (C=O) groups is 1. The van der Waals surface area contributed by atoms with E-state index in [0.29, 0.717) is 5.69 Å². The summed E-state index contributed by atoms with van der Waals surface area (Å²) in [5, 5.41) is 5.39. The van der Waals surface area contributed by atoms with Crippen LogP contribution in [0.3, 0.4) is 0 Å². The Morgan fingerprint density at radius 1 is 1.12 bits per heavy atom. The first-order valence-electron chi connectivity index (χ1n) is 7.38. The van der Waals surface area contributed by atoms with Crippen LogP contribution in [0.4, 0.5) is 24.5 Å². The van der Waals surface area contributed by atoms with Gasteiger partial charge in [-0.15, -0.1) is 0 Å². The Balaban J connectivity index is 2.21. The Hall–Kier alpha value is -2.28. The van der Waals surface area contributed by atoms with Crippen molar-refractivity contribution in [1.82, 2.24) is 10.3 Å². The average Bonchev–Trinajstić information content (AvgIpc) is 2.47. The Morgan fingerprint density at radius 2 is 1.80 bits per heavy atom. The van der Waals surface area contributed by atoms with Gasteiger partial charge in [0.25, 0.3) is 5.91 Å². The maximum Gasteiger partial charge on any atom is 0.418 e. The second kappa shape index (κ2) is 6.92. The maximum atomic E-state index is 13.1. The van der Waals surface area contributed by atoms with Crippen molar-refractivity contribution in [3.63, 3.8) is 0 Å². The molecule has 0 saturated carbocycles. The monoisotopic (exact) mass is 371 g/mol. The standard InChI is InChI=1S/C17H17ClF3N3O/c1-16(2,3)24-15(25)14-7-5-11(9-22-14)23-13-6-4-10(18)8-12(13)17(19,20)21/h4-9,23H,1-3H3,(H,24,25). The van der Waals surface area contributed by atoms with Crippen LogP contribution in [-0.2, 0) is 6.18 Å². The van der Waals surface area contributed by atoms with Crippen LogP contribution < -0.4 is 10.6 Å². The number of alkyl halides is 3. The van der Waals surface area contributed by atoms with Crippen molar-refractivity contribution in [2.75, 3.05) is 5.32 Å². The zero-order valence-electron chi connectivity index (χ0n) is 13.8.